The topological polar surface area (TPSA) is 62.2 Å². The monoisotopic (exact) mass is 330 g/mol. The maximum atomic E-state index is 13.1. The van der Waals surface area contributed by atoms with Crippen molar-refractivity contribution < 1.29 is 14.3 Å². The summed E-state index contributed by atoms with van der Waals surface area (Å²) in [5.41, 5.74) is 1.000. The van der Waals surface area contributed by atoms with E-state index in [1.807, 2.05) is 0 Å². The quantitative estimate of drug-likeness (QED) is 0.898. The summed E-state index contributed by atoms with van der Waals surface area (Å²) >= 11 is 4.29. The largest absolute Gasteiger partial charge is 0.478 e. The lowest BCUT2D eigenvalue weighted by Crippen LogP contribution is -2.01. The minimum atomic E-state index is -1.06. The van der Waals surface area contributed by atoms with Gasteiger partial charge in [-0.3, -0.25) is 0 Å². The van der Waals surface area contributed by atoms with Crippen LogP contribution in [0.15, 0.2) is 22.7 Å². The molecule has 0 radical (unpaired) electrons. The van der Waals surface area contributed by atoms with Gasteiger partial charge in [-0.05, 0) is 52.6 Å². The van der Waals surface area contributed by atoms with Crippen molar-refractivity contribution in [3.63, 3.8) is 0 Å². The van der Waals surface area contributed by atoms with E-state index in [0.717, 1.165) is 11.5 Å². The van der Waals surface area contributed by atoms with Crippen LogP contribution in [-0.2, 0) is 0 Å². The highest BCUT2D eigenvalue weighted by Crippen LogP contribution is 2.32. The number of aromatic nitrogens is 1. The first-order valence-corrected chi connectivity index (χ1v) is 6.47. The normalized spacial score (nSPS) is 10.4. The number of hydrogen-bond acceptors (Lipinski definition) is 4. The molecule has 0 saturated carbocycles. The van der Waals surface area contributed by atoms with Crippen molar-refractivity contribution >= 4 is 44.1 Å². The Bertz CT molecular complexity index is 615. The second-order valence-electron chi connectivity index (χ2n) is 3.53. The molecule has 2 aromatic rings. The first-order valence-electron chi connectivity index (χ1n) is 4.90. The number of aryl methyl sites for hydroxylation is 1. The van der Waals surface area contributed by atoms with Crippen LogP contribution >= 0.6 is 27.5 Å². The van der Waals surface area contributed by atoms with Gasteiger partial charge in [0.1, 0.15) is 16.4 Å². The number of nitrogens with one attached hydrogen (secondary N) is 1. The van der Waals surface area contributed by atoms with Gasteiger partial charge in [-0.2, -0.15) is 4.37 Å². The zero-order chi connectivity index (χ0) is 13.3. The van der Waals surface area contributed by atoms with Crippen LogP contribution in [0.5, 0.6) is 0 Å². The van der Waals surface area contributed by atoms with Gasteiger partial charge in [0, 0.05) is 4.47 Å². The predicted molar refractivity (Wildman–Crippen MR) is 71.2 cm³/mol. The molecule has 0 bridgehead atoms. The summed E-state index contributed by atoms with van der Waals surface area (Å²) in [6, 6.07) is 4.14. The highest BCUT2D eigenvalue weighted by atomic mass is 79.9. The van der Waals surface area contributed by atoms with Crippen LogP contribution in [0.1, 0.15) is 16.1 Å². The van der Waals surface area contributed by atoms with E-state index < -0.39 is 11.8 Å². The summed E-state index contributed by atoms with van der Waals surface area (Å²) in [7, 11) is 0. The molecule has 0 unspecified atom stereocenters. The third-order valence-electron chi connectivity index (χ3n) is 2.25. The lowest BCUT2D eigenvalue weighted by Gasteiger charge is -2.07. The summed E-state index contributed by atoms with van der Waals surface area (Å²) in [5, 5.41) is 12.3. The smallest absolute Gasteiger partial charge is 0.340 e. The molecule has 18 heavy (non-hydrogen) atoms. The minimum absolute atomic E-state index is 0.108. The Labute approximate surface area is 115 Å². The van der Waals surface area contributed by atoms with Crippen LogP contribution in [-0.4, -0.2) is 15.4 Å². The molecular weight excluding hydrogens is 323 g/mol. The molecule has 1 heterocycles. The minimum Gasteiger partial charge on any atom is -0.478 e. The summed E-state index contributed by atoms with van der Waals surface area (Å²) in [5.74, 6) is -1.46. The van der Waals surface area contributed by atoms with Crippen LogP contribution in [0.25, 0.3) is 0 Å². The molecule has 2 N–H and O–H groups in total. The van der Waals surface area contributed by atoms with E-state index in [9.17, 15) is 9.18 Å². The van der Waals surface area contributed by atoms with Crippen LogP contribution < -0.4 is 5.32 Å². The number of rotatable bonds is 3. The van der Waals surface area contributed by atoms with Gasteiger partial charge in [-0.1, -0.05) is 0 Å². The Morgan fingerprint density at radius 1 is 1.56 bits per heavy atom. The maximum Gasteiger partial charge on any atom is 0.340 e. The molecule has 2 rings (SSSR count). The number of nitrogens with zero attached hydrogens (tertiary/aromatic N) is 1. The van der Waals surface area contributed by atoms with E-state index in [2.05, 4.69) is 25.6 Å². The van der Waals surface area contributed by atoms with E-state index in [1.54, 1.807) is 13.0 Å². The van der Waals surface area contributed by atoms with E-state index >= 15 is 0 Å². The van der Waals surface area contributed by atoms with Crippen LogP contribution in [0, 0.1) is 12.7 Å². The van der Waals surface area contributed by atoms with Crippen molar-refractivity contribution in [2.24, 2.45) is 0 Å². The Kier molecular flexibility index (Phi) is 3.63. The van der Waals surface area contributed by atoms with Gasteiger partial charge in [0.05, 0.1) is 11.4 Å². The Morgan fingerprint density at radius 3 is 2.94 bits per heavy atom. The molecule has 0 aliphatic rings. The summed E-state index contributed by atoms with van der Waals surface area (Å²) in [6.07, 6.45) is 0. The van der Waals surface area contributed by atoms with E-state index in [0.29, 0.717) is 20.9 Å². The molecule has 0 saturated heterocycles. The molecule has 94 valence electrons. The fourth-order valence-electron chi connectivity index (χ4n) is 1.42. The number of benzene rings is 1. The Hall–Kier alpha value is -1.47. The first kappa shape index (κ1) is 13.0. The fraction of sp³-hybridized carbons (Fsp3) is 0.0909. The zero-order valence-electron chi connectivity index (χ0n) is 9.20. The molecule has 0 aliphatic heterocycles. The van der Waals surface area contributed by atoms with Gasteiger partial charge in [-0.15, -0.1) is 0 Å². The average molecular weight is 331 g/mol. The SMILES string of the molecule is Cc1nsc(Nc2cc(F)ccc2Br)c1C(=O)O. The van der Waals surface area contributed by atoms with Crippen LogP contribution in [0.2, 0.25) is 0 Å². The van der Waals surface area contributed by atoms with Crippen molar-refractivity contribution in [2.45, 2.75) is 6.92 Å². The van der Waals surface area contributed by atoms with Gasteiger partial charge in [0.25, 0.3) is 0 Å². The molecule has 0 amide bonds. The van der Waals surface area contributed by atoms with Gasteiger partial charge in [0.15, 0.2) is 0 Å². The lowest BCUT2D eigenvalue weighted by molar-refractivity contribution is 0.0697. The highest BCUT2D eigenvalue weighted by Gasteiger charge is 2.18. The number of anilines is 2. The maximum absolute atomic E-state index is 13.1. The summed E-state index contributed by atoms with van der Waals surface area (Å²) in [6.45, 7) is 1.62. The predicted octanol–water partition coefficient (Wildman–Crippen LogP) is 3.79. The number of aromatic carboxylic acids is 1. The number of carboxylic acid groups (broad SMARTS) is 1. The zero-order valence-corrected chi connectivity index (χ0v) is 11.6. The highest BCUT2D eigenvalue weighted by molar-refractivity contribution is 9.10. The fourth-order valence-corrected chi connectivity index (χ4v) is 2.57. The van der Waals surface area contributed by atoms with Gasteiger partial charge < -0.3 is 10.4 Å². The lowest BCUT2D eigenvalue weighted by atomic mass is 10.2. The molecule has 0 fully saturated rings. The number of hydrogen-bond donors (Lipinski definition) is 2. The van der Waals surface area contributed by atoms with Crippen molar-refractivity contribution in [3.05, 3.63) is 39.7 Å². The van der Waals surface area contributed by atoms with Crippen molar-refractivity contribution in [1.82, 2.24) is 4.37 Å². The molecule has 1 aromatic carbocycles. The third-order valence-corrected chi connectivity index (χ3v) is 3.80. The average Bonchev–Trinajstić information content (AvgIpc) is 2.65. The number of carboxylic acids is 1. The van der Waals surface area contributed by atoms with Crippen LogP contribution in [0.3, 0.4) is 0 Å². The first-order chi connectivity index (χ1) is 8.49. The Morgan fingerprint density at radius 2 is 2.28 bits per heavy atom. The van der Waals surface area contributed by atoms with Crippen molar-refractivity contribution in [3.8, 4) is 0 Å². The second-order valence-corrected chi connectivity index (χ2v) is 5.15. The summed E-state index contributed by atoms with van der Waals surface area (Å²) in [4.78, 5) is 11.1. The van der Waals surface area contributed by atoms with Gasteiger partial charge in [-0.25, -0.2) is 9.18 Å². The van der Waals surface area contributed by atoms with E-state index in [1.165, 1.54) is 12.1 Å². The van der Waals surface area contributed by atoms with Crippen molar-refractivity contribution in [2.75, 3.05) is 5.32 Å². The number of carbonyl (C=O) groups is 1. The van der Waals surface area contributed by atoms with Crippen LogP contribution in [0.4, 0.5) is 15.1 Å². The molecule has 0 atom stereocenters. The molecule has 0 spiro atoms. The van der Waals surface area contributed by atoms with Gasteiger partial charge in [0.2, 0.25) is 0 Å². The molecule has 4 nitrogen and oxygen atoms in total. The van der Waals surface area contributed by atoms with Gasteiger partial charge >= 0.3 is 5.97 Å². The van der Waals surface area contributed by atoms with E-state index in [-0.39, 0.29) is 5.56 Å². The molecule has 1 aromatic heterocycles. The molecular formula is C11H8BrFN2O2S. The standard InChI is InChI=1S/C11H8BrFN2O2S/c1-5-9(11(16)17)10(18-15-5)14-8-4-6(13)2-3-7(8)12/h2-4,14H,1H3,(H,16,17). The second kappa shape index (κ2) is 5.03. The van der Waals surface area contributed by atoms with E-state index in [4.69, 9.17) is 5.11 Å². The number of halogens is 2. The summed E-state index contributed by atoms with van der Waals surface area (Å²) < 4.78 is 17.7. The molecule has 0 aliphatic carbocycles. The Balaban J connectivity index is 2.40. The third kappa shape index (κ3) is 2.51. The molecule has 7 heteroatoms. The van der Waals surface area contributed by atoms with Crippen molar-refractivity contribution in [1.29, 1.82) is 0 Å².